The minimum atomic E-state index is -0.512. The Labute approximate surface area is 205 Å². The first kappa shape index (κ1) is 22.8. The third-order valence-corrected chi connectivity index (χ3v) is 8.13. The lowest BCUT2D eigenvalue weighted by Gasteiger charge is -2.18. The van der Waals surface area contributed by atoms with Gasteiger partial charge in [0, 0.05) is 23.0 Å². The van der Waals surface area contributed by atoms with Crippen molar-refractivity contribution in [3.8, 4) is 11.1 Å². The number of fused-ring (bicyclic) bond motifs is 1. The number of halogens is 1. The molecule has 0 radical (unpaired) electrons. The molecule has 5 nitrogen and oxygen atoms in total. The normalized spacial score (nSPS) is 14.3. The first-order valence-corrected chi connectivity index (χ1v) is 13.0. The molecule has 2 aromatic heterocycles. The molecule has 1 aliphatic carbocycles. The number of nitrogens with one attached hydrogen (secondary N) is 1. The molecule has 1 amide bonds. The molecular weight excluding hydrogens is 469 g/mol. The van der Waals surface area contributed by atoms with E-state index in [0.29, 0.717) is 21.9 Å². The Kier molecular flexibility index (Phi) is 6.27. The molecule has 0 spiro atoms. The summed E-state index contributed by atoms with van der Waals surface area (Å²) in [6.07, 6.45) is 2.00. The van der Waals surface area contributed by atoms with Crippen LogP contribution in [0, 0.1) is 12.7 Å². The zero-order valence-electron chi connectivity index (χ0n) is 18.9. The maximum Gasteiger partial charge on any atom is 0.263 e. The Morgan fingerprint density at radius 2 is 1.91 bits per heavy atom. The molecule has 1 fully saturated rings. The smallest absolute Gasteiger partial charge is 0.263 e. The number of aromatic nitrogens is 2. The van der Waals surface area contributed by atoms with Gasteiger partial charge in [-0.1, -0.05) is 54.2 Å². The number of carbonyl (C=O) groups excluding carboxylic acids is 1. The van der Waals surface area contributed by atoms with Crippen LogP contribution in [0.25, 0.3) is 21.3 Å². The summed E-state index contributed by atoms with van der Waals surface area (Å²) in [5.74, 6) is -0.384. The Morgan fingerprint density at radius 3 is 2.56 bits per heavy atom. The minimum absolute atomic E-state index is 0.0648. The van der Waals surface area contributed by atoms with Crippen LogP contribution in [0.1, 0.15) is 35.5 Å². The number of hydrogen-bond acceptors (Lipinski definition) is 5. The van der Waals surface area contributed by atoms with Gasteiger partial charge >= 0.3 is 0 Å². The summed E-state index contributed by atoms with van der Waals surface area (Å²) in [5, 5.41) is 3.65. The molecule has 1 unspecified atom stereocenters. The van der Waals surface area contributed by atoms with Crippen molar-refractivity contribution in [1.29, 1.82) is 0 Å². The van der Waals surface area contributed by atoms with E-state index in [2.05, 4.69) is 5.32 Å². The van der Waals surface area contributed by atoms with Crippen molar-refractivity contribution < 1.29 is 9.18 Å². The lowest BCUT2D eigenvalue weighted by molar-refractivity contribution is -0.120. The van der Waals surface area contributed by atoms with Crippen molar-refractivity contribution in [2.24, 2.45) is 0 Å². The van der Waals surface area contributed by atoms with Crippen LogP contribution in [-0.2, 0) is 11.3 Å². The average molecular weight is 494 g/mol. The zero-order valence-corrected chi connectivity index (χ0v) is 20.5. The predicted molar refractivity (Wildman–Crippen MR) is 136 cm³/mol. The Morgan fingerprint density at radius 1 is 1.21 bits per heavy atom. The maximum atomic E-state index is 13.7. The van der Waals surface area contributed by atoms with Crippen molar-refractivity contribution >= 4 is 39.2 Å². The summed E-state index contributed by atoms with van der Waals surface area (Å²) in [4.78, 5) is 33.3. The summed E-state index contributed by atoms with van der Waals surface area (Å²) in [7, 11) is 0. The fourth-order valence-corrected chi connectivity index (χ4v) is 6.28. The number of rotatable bonds is 7. The lowest BCUT2D eigenvalue weighted by Crippen LogP contribution is -2.30. The van der Waals surface area contributed by atoms with E-state index in [1.54, 1.807) is 16.7 Å². The third kappa shape index (κ3) is 4.40. The van der Waals surface area contributed by atoms with Crippen LogP contribution in [0.5, 0.6) is 0 Å². The highest BCUT2D eigenvalue weighted by molar-refractivity contribution is 8.00. The molecule has 1 aliphatic rings. The number of aryl methyl sites for hydroxylation is 1. The number of hydrogen-bond donors (Lipinski definition) is 1. The van der Waals surface area contributed by atoms with Gasteiger partial charge in [0.1, 0.15) is 15.9 Å². The molecule has 0 bridgehead atoms. The van der Waals surface area contributed by atoms with Gasteiger partial charge in [-0.05, 0) is 49.9 Å². The fraction of sp³-hybridized carbons (Fsp3) is 0.269. The standard InChI is InChI=1S/C26H24FN3O2S2/c1-3-30-25(32)21-20(16-9-11-18(27)12-10-16)15(2)33-24(21)29-26(30)34-22(17-7-5-4-6-8-17)23(31)28-19-13-14-19/h4-12,19,22H,3,13-14H2,1-2H3,(H,28,31). The number of amides is 1. The summed E-state index contributed by atoms with van der Waals surface area (Å²) in [5.41, 5.74) is 2.31. The molecule has 5 rings (SSSR count). The zero-order chi connectivity index (χ0) is 23.8. The van der Waals surface area contributed by atoms with Gasteiger partial charge in [-0.15, -0.1) is 11.3 Å². The quantitative estimate of drug-likeness (QED) is 0.265. The van der Waals surface area contributed by atoms with Gasteiger partial charge < -0.3 is 5.32 Å². The van der Waals surface area contributed by atoms with Crippen molar-refractivity contribution in [3.05, 3.63) is 81.2 Å². The molecule has 2 aromatic carbocycles. The number of thiophene rings is 1. The molecule has 0 saturated heterocycles. The second-order valence-corrected chi connectivity index (χ2v) is 10.6. The Balaban J connectivity index is 1.61. The highest BCUT2D eigenvalue weighted by Gasteiger charge is 2.30. The molecule has 4 aromatic rings. The fourth-order valence-electron chi connectivity index (χ4n) is 4.02. The van der Waals surface area contributed by atoms with E-state index in [9.17, 15) is 14.0 Å². The van der Waals surface area contributed by atoms with Gasteiger partial charge in [0.15, 0.2) is 5.16 Å². The Hall–Kier alpha value is -2.97. The van der Waals surface area contributed by atoms with E-state index < -0.39 is 5.25 Å². The molecule has 8 heteroatoms. The van der Waals surface area contributed by atoms with Gasteiger partial charge in [0.2, 0.25) is 5.91 Å². The van der Waals surface area contributed by atoms with Crippen LogP contribution in [0.4, 0.5) is 4.39 Å². The number of thioether (sulfide) groups is 1. The van der Waals surface area contributed by atoms with E-state index in [1.165, 1.54) is 35.2 Å². The highest BCUT2D eigenvalue weighted by Crippen LogP contribution is 2.39. The van der Waals surface area contributed by atoms with E-state index in [0.717, 1.165) is 34.4 Å². The molecule has 1 atom stereocenters. The molecule has 1 saturated carbocycles. The predicted octanol–water partition coefficient (Wildman–Crippen LogP) is 5.70. The number of nitrogens with zero attached hydrogens (tertiary/aromatic N) is 2. The second kappa shape index (κ2) is 9.35. The topological polar surface area (TPSA) is 64.0 Å². The molecule has 1 N–H and O–H groups in total. The van der Waals surface area contributed by atoms with Crippen molar-refractivity contribution in [3.63, 3.8) is 0 Å². The molecule has 174 valence electrons. The summed E-state index contributed by atoms with van der Waals surface area (Å²) in [6, 6.07) is 16.0. The van der Waals surface area contributed by atoms with Gasteiger partial charge in [-0.25, -0.2) is 9.37 Å². The van der Waals surface area contributed by atoms with E-state index in [4.69, 9.17) is 4.98 Å². The van der Waals surface area contributed by atoms with Crippen LogP contribution in [0.3, 0.4) is 0 Å². The average Bonchev–Trinajstić information content (AvgIpc) is 3.58. The lowest BCUT2D eigenvalue weighted by atomic mass is 10.0. The monoisotopic (exact) mass is 493 g/mol. The van der Waals surface area contributed by atoms with E-state index in [-0.39, 0.29) is 23.3 Å². The van der Waals surface area contributed by atoms with Crippen molar-refractivity contribution in [2.75, 3.05) is 0 Å². The van der Waals surface area contributed by atoms with Crippen molar-refractivity contribution in [2.45, 2.75) is 49.7 Å². The summed E-state index contributed by atoms with van der Waals surface area (Å²) < 4.78 is 15.1. The van der Waals surface area contributed by atoms with Gasteiger partial charge in [0.25, 0.3) is 5.56 Å². The van der Waals surface area contributed by atoms with Crippen LogP contribution < -0.4 is 10.9 Å². The van der Waals surface area contributed by atoms with Crippen molar-refractivity contribution in [1.82, 2.24) is 14.9 Å². The maximum absolute atomic E-state index is 13.7. The Bertz CT molecular complexity index is 1410. The van der Waals surface area contributed by atoms with Crippen LogP contribution in [-0.4, -0.2) is 21.5 Å². The minimum Gasteiger partial charge on any atom is -0.352 e. The SMILES string of the molecule is CCn1c(SC(C(=O)NC2CC2)c2ccccc2)nc2sc(C)c(-c3ccc(F)cc3)c2c1=O. The van der Waals surface area contributed by atoms with Crippen LogP contribution in [0.2, 0.25) is 0 Å². The highest BCUT2D eigenvalue weighted by atomic mass is 32.2. The van der Waals surface area contributed by atoms with Crippen LogP contribution >= 0.6 is 23.1 Å². The van der Waals surface area contributed by atoms with Gasteiger partial charge in [-0.3, -0.25) is 14.2 Å². The van der Waals surface area contributed by atoms with E-state index in [1.807, 2.05) is 44.2 Å². The number of carbonyl (C=O) groups is 1. The molecule has 2 heterocycles. The molecular formula is C26H24FN3O2S2. The number of benzene rings is 2. The van der Waals surface area contributed by atoms with Gasteiger partial charge in [0.05, 0.1) is 5.39 Å². The largest absolute Gasteiger partial charge is 0.352 e. The van der Waals surface area contributed by atoms with Gasteiger partial charge in [-0.2, -0.15) is 0 Å². The summed E-state index contributed by atoms with van der Waals surface area (Å²) >= 11 is 2.75. The first-order chi connectivity index (χ1) is 16.5. The molecule has 34 heavy (non-hydrogen) atoms. The first-order valence-electron chi connectivity index (χ1n) is 11.3. The summed E-state index contributed by atoms with van der Waals surface area (Å²) in [6.45, 7) is 4.27. The van der Waals surface area contributed by atoms with E-state index >= 15 is 0 Å². The van der Waals surface area contributed by atoms with Crippen LogP contribution in [0.15, 0.2) is 64.5 Å². The molecule has 0 aliphatic heterocycles. The third-order valence-electron chi connectivity index (χ3n) is 5.89. The second-order valence-electron chi connectivity index (χ2n) is 8.36.